The SMILES string of the molecule is COc1ccc([N+](=O)[O-])cc1C(=O)NC(C)c1cc2c(cc1Br)OCCO2. The molecule has 0 saturated heterocycles. The Hall–Kier alpha value is -2.81. The molecule has 1 N–H and O–H groups in total. The van der Waals surface area contributed by atoms with Gasteiger partial charge in [0, 0.05) is 16.6 Å². The van der Waals surface area contributed by atoms with Crippen molar-refractivity contribution in [2.75, 3.05) is 20.3 Å². The number of hydrogen-bond donors (Lipinski definition) is 1. The number of amides is 1. The third-order valence-electron chi connectivity index (χ3n) is 4.11. The molecule has 0 spiro atoms. The van der Waals surface area contributed by atoms with E-state index in [-0.39, 0.29) is 17.0 Å². The molecule has 0 aromatic heterocycles. The molecule has 0 saturated carbocycles. The number of non-ortho nitro benzene ring substituents is 1. The van der Waals surface area contributed by atoms with Gasteiger partial charge >= 0.3 is 0 Å². The molecule has 142 valence electrons. The number of methoxy groups -OCH3 is 1. The Morgan fingerprint density at radius 2 is 1.93 bits per heavy atom. The minimum atomic E-state index is -0.558. The lowest BCUT2D eigenvalue weighted by Crippen LogP contribution is -2.27. The summed E-state index contributed by atoms with van der Waals surface area (Å²) in [6, 6.07) is 7.08. The first kappa shape index (κ1) is 19.0. The van der Waals surface area contributed by atoms with Crippen molar-refractivity contribution < 1.29 is 23.9 Å². The van der Waals surface area contributed by atoms with Gasteiger partial charge < -0.3 is 19.5 Å². The Balaban J connectivity index is 1.86. The Kier molecular flexibility index (Phi) is 5.50. The molecule has 9 heteroatoms. The fourth-order valence-electron chi connectivity index (χ4n) is 2.75. The third-order valence-corrected chi connectivity index (χ3v) is 4.80. The van der Waals surface area contributed by atoms with Gasteiger partial charge in [-0.3, -0.25) is 14.9 Å². The molecule has 1 heterocycles. The summed E-state index contributed by atoms with van der Waals surface area (Å²) >= 11 is 3.48. The van der Waals surface area contributed by atoms with Crippen molar-refractivity contribution in [1.29, 1.82) is 0 Å². The average Bonchev–Trinajstić information content (AvgIpc) is 2.66. The van der Waals surface area contributed by atoms with E-state index in [4.69, 9.17) is 14.2 Å². The van der Waals surface area contributed by atoms with Crippen LogP contribution >= 0.6 is 15.9 Å². The summed E-state index contributed by atoms with van der Waals surface area (Å²) < 4.78 is 17.0. The summed E-state index contributed by atoms with van der Waals surface area (Å²) in [6.45, 7) is 2.75. The van der Waals surface area contributed by atoms with E-state index in [1.807, 2.05) is 0 Å². The molecule has 0 fully saturated rings. The van der Waals surface area contributed by atoms with Crippen molar-refractivity contribution >= 4 is 27.5 Å². The Morgan fingerprint density at radius 3 is 2.56 bits per heavy atom. The van der Waals surface area contributed by atoms with Crippen molar-refractivity contribution in [2.45, 2.75) is 13.0 Å². The second-order valence-corrected chi connectivity index (χ2v) is 6.71. The number of rotatable bonds is 5. The first-order valence-corrected chi connectivity index (χ1v) is 8.92. The van der Waals surface area contributed by atoms with Crippen molar-refractivity contribution in [3.8, 4) is 17.2 Å². The highest BCUT2D eigenvalue weighted by Crippen LogP contribution is 2.38. The van der Waals surface area contributed by atoms with Crippen LogP contribution in [-0.4, -0.2) is 31.2 Å². The van der Waals surface area contributed by atoms with Gasteiger partial charge in [0.25, 0.3) is 11.6 Å². The highest BCUT2D eigenvalue weighted by Gasteiger charge is 2.22. The molecule has 0 aliphatic carbocycles. The maximum absolute atomic E-state index is 12.7. The van der Waals surface area contributed by atoms with Crippen LogP contribution in [0, 0.1) is 10.1 Å². The molecule has 1 unspecified atom stereocenters. The second-order valence-electron chi connectivity index (χ2n) is 5.85. The molecule has 3 rings (SSSR count). The predicted molar refractivity (Wildman–Crippen MR) is 101 cm³/mol. The fraction of sp³-hybridized carbons (Fsp3) is 0.278. The maximum atomic E-state index is 12.7. The maximum Gasteiger partial charge on any atom is 0.270 e. The van der Waals surface area contributed by atoms with Crippen LogP contribution < -0.4 is 19.5 Å². The molecule has 0 bridgehead atoms. The Bertz CT molecular complexity index is 902. The number of fused-ring (bicyclic) bond motifs is 1. The molecule has 0 radical (unpaired) electrons. The van der Waals surface area contributed by atoms with Gasteiger partial charge in [0.15, 0.2) is 11.5 Å². The van der Waals surface area contributed by atoms with Gasteiger partial charge in [-0.1, -0.05) is 15.9 Å². The van der Waals surface area contributed by atoms with Gasteiger partial charge in [-0.2, -0.15) is 0 Å². The van der Waals surface area contributed by atoms with Gasteiger partial charge in [0.2, 0.25) is 0 Å². The van der Waals surface area contributed by atoms with Gasteiger partial charge in [-0.15, -0.1) is 0 Å². The summed E-state index contributed by atoms with van der Waals surface area (Å²) in [6.07, 6.45) is 0. The monoisotopic (exact) mass is 436 g/mol. The molecule has 2 aromatic rings. The van der Waals surface area contributed by atoms with Crippen LogP contribution in [0.2, 0.25) is 0 Å². The quantitative estimate of drug-likeness (QED) is 0.567. The zero-order valence-electron chi connectivity index (χ0n) is 14.7. The number of nitrogens with one attached hydrogen (secondary N) is 1. The molecule has 1 amide bonds. The lowest BCUT2D eigenvalue weighted by molar-refractivity contribution is -0.384. The molecule has 8 nitrogen and oxygen atoms in total. The highest BCUT2D eigenvalue weighted by molar-refractivity contribution is 9.10. The summed E-state index contributed by atoms with van der Waals surface area (Å²) in [7, 11) is 1.40. The minimum Gasteiger partial charge on any atom is -0.496 e. The van der Waals surface area contributed by atoms with Crippen molar-refractivity contribution in [3.05, 3.63) is 56.0 Å². The number of nitro benzene ring substituents is 1. The predicted octanol–water partition coefficient (Wildman–Crippen LogP) is 3.63. The number of carbonyl (C=O) groups is 1. The molecule has 2 aromatic carbocycles. The van der Waals surface area contributed by atoms with Crippen molar-refractivity contribution in [2.24, 2.45) is 0 Å². The summed E-state index contributed by atoms with van der Waals surface area (Å²) in [5.41, 5.74) is 0.693. The molecule has 1 atom stereocenters. The normalized spacial score (nSPS) is 13.6. The minimum absolute atomic E-state index is 0.0900. The number of hydrogen-bond acceptors (Lipinski definition) is 6. The van der Waals surface area contributed by atoms with Crippen LogP contribution in [-0.2, 0) is 0 Å². The first-order chi connectivity index (χ1) is 12.9. The fourth-order valence-corrected chi connectivity index (χ4v) is 3.42. The largest absolute Gasteiger partial charge is 0.496 e. The average molecular weight is 437 g/mol. The zero-order chi connectivity index (χ0) is 19.6. The van der Waals surface area contributed by atoms with E-state index in [2.05, 4.69) is 21.2 Å². The zero-order valence-corrected chi connectivity index (χ0v) is 16.2. The summed E-state index contributed by atoms with van der Waals surface area (Å²) in [4.78, 5) is 23.1. The van der Waals surface area contributed by atoms with Crippen molar-refractivity contribution in [1.82, 2.24) is 5.32 Å². The number of nitrogens with zero attached hydrogens (tertiary/aromatic N) is 1. The Labute approximate surface area is 163 Å². The lowest BCUT2D eigenvalue weighted by atomic mass is 10.1. The van der Waals surface area contributed by atoms with E-state index in [0.29, 0.717) is 24.7 Å². The Morgan fingerprint density at radius 1 is 1.26 bits per heavy atom. The van der Waals surface area contributed by atoms with E-state index >= 15 is 0 Å². The van der Waals surface area contributed by atoms with E-state index < -0.39 is 16.9 Å². The van der Waals surface area contributed by atoms with Gasteiger partial charge in [-0.25, -0.2) is 0 Å². The van der Waals surface area contributed by atoms with E-state index in [0.717, 1.165) is 10.0 Å². The van der Waals surface area contributed by atoms with Gasteiger partial charge in [0.05, 0.1) is 23.6 Å². The van der Waals surface area contributed by atoms with E-state index in [9.17, 15) is 14.9 Å². The third kappa shape index (κ3) is 3.97. The summed E-state index contributed by atoms with van der Waals surface area (Å²) in [5, 5.41) is 13.8. The molecule has 1 aliphatic rings. The first-order valence-electron chi connectivity index (χ1n) is 8.13. The van der Waals surface area contributed by atoms with Gasteiger partial charge in [0.1, 0.15) is 19.0 Å². The highest BCUT2D eigenvalue weighted by atomic mass is 79.9. The number of carbonyl (C=O) groups excluding carboxylic acids is 1. The number of nitro groups is 1. The van der Waals surface area contributed by atoms with Crippen LogP contribution in [0.3, 0.4) is 0 Å². The molecule has 27 heavy (non-hydrogen) atoms. The van der Waals surface area contributed by atoms with E-state index in [1.165, 1.54) is 25.3 Å². The second kappa shape index (κ2) is 7.83. The van der Waals surface area contributed by atoms with Crippen LogP contribution in [0.1, 0.15) is 28.9 Å². The van der Waals surface area contributed by atoms with Gasteiger partial charge in [-0.05, 0) is 30.7 Å². The van der Waals surface area contributed by atoms with Crippen LogP contribution in [0.15, 0.2) is 34.8 Å². The molecular weight excluding hydrogens is 420 g/mol. The topological polar surface area (TPSA) is 99.9 Å². The van der Waals surface area contributed by atoms with Crippen molar-refractivity contribution in [3.63, 3.8) is 0 Å². The number of halogens is 1. The standard InChI is InChI=1S/C18H17BrN2O6/c1-10(12-8-16-17(9-14(12)19)27-6-5-26-16)20-18(22)13-7-11(21(23)24)3-4-15(13)25-2/h3-4,7-10H,5-6H2,1-2H3,(H,20,22). The van der Waals surface area contributed by atoms with E-state index in [1.54, 1.807) is 19.1 Å². The van der Waals surface area contributed by atoms with Crippen LogP contribution in [0.4, 0.5) is 5.69 Å². The van der Waals surface area contributed by atoms with Crippen LogP contribution in [0.25, 0.3) is 0 Å². The lowest BCUT2D eigenvalue weighted by Gasteiger charge is -2.22. The number of benzene rings is 2. The van der Waals surface area contributed by atoms with Crippen LogP contribution in [0.5, 0.6) is 17.2 Å². The smallest absolute Gasteiger partial charge is 0.270 e. The molecule has 1 aliphatic heterocycles. The summed E-state index contributed by atoms with van der Waals surface area (Å²) in [5.74, 6) is 1.01. The molecular formula is C18H17BrN2O6. The number of ether oxygens (including phenoxy) is 3.